The Balaban J connectivity index is 4.54. The minimum absolute atomic E-state index is 0.116. The highest BCUT2D eigenvalue weighted by atomic mass is 16.6. The summed E-state index contributed by atoms with van der Waals surface area (Å²) >= 11 is 0. The van der Waals surface area contributed by atoms with Crippen molar-refractivity contribution in [1.82, 2.24) is 0 Å². The van der Waals surface area contributed by atoms with Crippen molar-refractivity contribution in [1.29, 1.82) is 0 Å². The lowest BCUT2D eigenvalue weighted by atomic mass is 10.1. The van der Waals surface area contributed by atoms with Crippen LogP contribution in [0.15, 0.2) is 109 Å². The molecule has 392 valence electrons. The topological polar surface area (TPSA) is 78.9 Å². The van der Waals surface area contributed by atoms with Crippen molar-refractivity contribution >= 4 is 17.9 Å². The number of carbonyl (C=O) groups excluding carboxylic acids is 3. The molecule has 0 aromatic heterocycles. The van der Waals surface area contributed by atoms with Crippen LogP contribution in [0.2, 0.25) is 0 Å². The third-order valence-corrected chi connectivity index (χ3v) is 11.7. The number of hydrogen-bond acceptors (Lipinski definition) is 6. The number of rotatable bonds is 50. The predicted molar refractivity (Wildman–Crippen MR) is 297 cm³/mol. The van der Waals surface area contributed by atoms with Gasteiger partial charge in [0.15, 0.2) is 6.10 Å². The molecular formula is C63H104O6. The van der Waals surface area contributed by atoms with Crippen LogP contribution in [0.3, 0.4) is 0 Å². The van der Waals surface area contributed by atoms with E-state index in [1.807, 2.05) is 0 Å². The molecule has 0 aromatic rings. The highest BCUT2D eigenvalue weighted by Crippen LogP contribution is 2.13. The quantitative estimate of drug-likeness (QED) is 0.0262. The maximum atomic E-state index is 12.8. The zero-order valence-corrected chi connectivity index (χ0v) is 44.8. The summed E-state index contributed by atoms with van der Waals surface area (Å²) in [5, 5.41) is 0. The minimum atomic E-state index is -0.819. The average Bonchev–Trinajstić information content (AvgIpc) is 3.35. The lowest BCUT2D eigenvalue weighted by molar-refractivity contribution is -0.167. The number of unbranched alkanes of at least 4 members (excludes halogenated alkanes) is 21. The molecule has 0 rings (SSSR count). The fraction of sp³-hybridized carbons (Fsp3) is 0.667. The molecule has 6 nitrogen and oxygen atoms in total. The Kier molecular flexibility index (Phi) is 53.4. The van der Waals surface area contributed by atoms with Crippen LogP contribution in [0.4, 0.5) is 0 Å². The number of allylic oxidation sites excluding steroid dienone is 18. The third-order valence-electron chi connectivity index (χ3n) is 11.7. The molecule has 0 aliphatic rings. The van der Waals surface area contributed by atoms with Gasteiger partial charge in [0.25, 0.3) is 0 Å². The maximum absolute atomic E-state index is 12.8. The molecule has 69 heavy (non-hydrogen) atoms. The van der Waals surface area contributed by atoms with Gasteiger partial charge in [0, 0.05) is 19.3 Å². The largest absolute Gasteiger partial charge is 0.462 e. The van der Waals surface area contributed by atoms with E-state index < -0.39 is 6.10 Å². The van der Waals surface area contributed by atoms with Crippen molar-refractivity contribution in [3.05, 3.63) is 109 Å². The molecule has 1 atom stereocenters. The van der Waals surface area contributed by atoms with Crippen LogP contribution in [0.25, 0.3) is 0 Å². The molecule has 0 unspecified atom stereocenters. The molecule has 0 N–H and O–H groups in total. The van der Waals surface area contributed by atoms with E-state index in [4.69, 9.17) is 14.2 Å². The summed E-state index contributed by atoms with van der Waals surface area (Å²) in [5.74, 6) is -1.01. The molecule has 0 saturated heterocycles. The first kappa shape index (κ1) is 65.1. The summed E-state index contributed by atoms with van der Waals surface area (Å²) in [6.07, 6.45) is 76.5. The van der Waals surface area contributed by atoms with E-state index >= 15 is 0 Å². The van der Waals surface area contributed by atoms with Crippen molar-refractivity contribution in [3.8, 4) is 0 Å². The predicted octanol–water partition coefficient (Wildman–Crippen LogP) is 19.1. The van der Waals surface area contributed by atoms with Gasteiger partial charge in [0.2, 0.25) is 0 Å². The lowest BCUT2D eigenvalue weighted by Gasteiger charge is -2.18. The first-order valence-electron chi connectivity index (χ1n) is 28.4. The average molecular weight is 958 g/mol. The van der Waals surface area contributed by atoms with Crippen LogP contribution < -0.4 is 0 Å². The highest BCUT2D eigenvalue weighted by Gasteiger charge is 2.19. The van der Waals surface area contributed by atoms with Crippen LogP contribution in [-0.2, 0) is 28.6 Å². The van der Waals surface area contributed by atoms with Crippen LogP contribution in [0.1, 0.15) is 252 Å². The molecule has 0 bridgehead atoms. The molecule has 0 aliphatic heterocycles. The Hall–Kier alpha value is -3.93. The Morgan fingerprint density at radius 1 is 0.304 bits per heavy atom. The van der Waals surface area contributed by atoms with Gasteiger partial charge in [-0.05, 0) is 122 Å². The Labute approximate surface area is 425 Å². The summed E-state index contributed by atoms with van der Waals surface area (Å²) in [5.41, 5.74) is 0. The molecule has 0 amide bonds. The second kappa shape index (κ2) is 56.7. The lowest BCUT2D eigenvalue weighted by Crippen LogP contribution is -2.30. The molecule has 0 heterocycles. The zero-order valence-electron chi connectivity index (χ0n) is 44.8. The minimum Gasteiger partial charge on any atom is -0.462 e. The first-order chi connectivity index (χ1) is 34.0. The SMILES string of the molecule is CC/C=C\C/C=C\C/C=C\C/C=C\C/C=C\CCCCCC(=O)OC[C@H](COC(=O)CCC/C=C\C/C=C\C/C=C\CCCCCCCC)OC(=O)CCCCCCC/C=C\CCCCCCCC. The second-order valence-corrected chi connectivity index (χ2v) is 18.5. The van der Waals surface area contributed by atoms with Gasteiger partial charge < -0.3 is 14.2 Å². The van der Waals surface area contributed by atoms with Gasteiger partial charge in [-0.2, -0.15) is 0 Å². The summed E-state index contributed by atoms with van der Waals surface area (Å²) in [7, 11) is 0. The van der Waals surface area contributed by atoms with Crippen molar-refractivity contribution in [2.24, 2.45) is 0 Å². The summed E-state index contributed by atoms with van der Waals surface area (Å²) in [6, 6.07) is 0. The smallest absolute Gasteiger partial charge is 0.306 e. The van der Waals surface area contributed by atoms with Crippen molar-refractivity contribution < 1.29 is 28.6 Å². The van der Waals surface area contributed by atoms with Crippen LogP contribution in [0, 0.1) is 0 Å². The fourth-order valence-electron chi connectivity index (χ4n) is 7.48. The van der Waals surface area contributed by atoms with Gasteiger partial charge in [-0.1, -0.05) is 220 Å². The van der Waals surface area contributed by atoms with Crippen molar-refractivity contribution in [3.63, 3.8) is 0 Å². The van der Waals surface area contributed by atoms with Gasteiger partial charge in [-0.25, -0.2) is 0 Å². The standard InChI is InChI=1S/C63H104O6/c1-4-7-10-13-16-19-22-25-28-30-31-33-36-38-41-44-47-50-53-56-62(65)68-59-60(69-63(66)57-54-51-48-45-42-39-34-27-24-21-18-15-12-9-6-3)58-67-61(64)55-52-49-46-43-40-37-35-32-29-26-23-20-17-14-11-8-5-2/h7,10,16,19,25-29,31,33-35,37-38,41,43,46,60H,4-6,8-9,11-15,17-18,20-24,30,32,36,39-40,42,44-45,47-59H2,1-3H3/b10-7-,19-16-,28-25-,29-26-,33-31-,34-27-,37-35-,41-38-,46-43-/t60-/m0/s1. The van der Waals surface area contributed by atoms with Gasteiger partial charge in [-0.15, -0.1) is 0 Å². The molecule has 0 aromatic carbocycles. The normalized spacial score (nSPS) is 12.9. The van der Waals surface area contributed by atoms with E-state index in [9.17, 15) is 14.4 Å². The molecule has 6 heteroatoms. The summed E-state index contributed by atoms with van der Waals surface area (Å²) < 4.78 is 16.8. The number of ether oxygens (including phenoxy) is 3. The highest BCUT2D eigenvalue weighted by molar-refractivity contribution is 5.71. The van der Waals surface area contributed by atoms with E-state index in [2.05, 4.69) is 130 Å². The van der Waals surface area contributed by atoms with Gasteiger partial charge in [-0.3, -0.25) is 14.4 Å². The molecule has 0 radical (unpaired) electrons. The van der Waals surface area contributed by atoms with E-state index in [0.717, 1.165) is 109 Å². The van der Waals surface area contributed by atoms with Crippen LogP contribution >= 0.6 is 0 Å². The number of hydrogen-bond donors (Lipinski definition) is 0. The number of carbonyl (C=O) groups is 3. The van der Waals surface area contributed by atoms with E-state index in [-0.39, 0.29) is 37.5 Å². The Morgan fingerprint density at radius 3 is 0.971 bits per heavy atom. The monoisotopic (exact) mass is 957 g/mol. The van der Waals surface area contributed by atoms with Crippen LogP contribution in [-0.4, -0.2) is 37.2 Å². The molecule has 0 aliphatic carbocycles. The van der Waals surface area contributed by atoms with Gasteiger partial charge >= 0.3 is 17.9 Å². The molecular weight excluding hydrogens is 853 g/mol. The van der Waals surface area contributed by atoms with Crippen molar-refractivity contribution in [2.45, 2.75) is 258 Å². The second-order valence-electron chi connectivity index (χ2n) is 18.5. The zero-order chi connectivity index (χ0) is 50.0. The number of esters is 3. The fourth-order valence-corrected chi connectivity index (χ4v) is 7.48. The van der Waals surface area contributed by atoms with E-state index in [0.29, 0.717) is 19.3 Å². The van der Waals surface area contributed by atoms with E-state index in [1.54, 1.807) is 0 Å². The van der Waals surface area contributed by atoms with E-state index in [1.165, 1.54) is 96.3 Å². The summed E-state index contributed by atoms with van der Waals surface area (Å²) in [6.45, 7) is 6.43. The van der Waals surface area contributed by atoms with Gasteiger partial charge in [0.05, 0.1) is 0 Å². The summed E-state index contributed by atoms with van der Waals surface area (Å²) in [4.78, 5) is 38.1. The molecule has 0 spiro atoms. The molecule has 0 fully saturated rings. The molecule has 0 saturated carbocycles. The first-order valence-corrected chi connectivity index (χ1v) is 28.4. The maximum Gasteiger partial charge on any atom is 0.306 e. The van der Waals surface area contributed by atoms with Crippen LogP contribution in [0.5, 0.6) is 0 Å². The van der Waals surface area contributed by atoms with Crippen molar-refractivity contribution in [2.75, 3.05) is 13.2 Å². The third kappa shape index (κ3) is 54.9. The Bertz CT molecular complexity index is 1420. The Morgan fingerprint density at radius 2 is 0.580 bits per heavy atom. The van der Waals surface area contributed by atoms with Gasteiger partial charge in [0.1, 0.15) is 13.2 Å².